The van der Waals surface area contributed by atoms with Gasteiger partial charge in [0.2, 0.25) is 0 Å². The molecule has 1 fully saturated rings. The van der Waals surface area contributed by atoms with E-state index in [1.807, 2.05) is 0 Å². The number of likely N-dealkylation sites (tertiary alicyclic amines) is 1. The molecule has 0 aromatic carbocycles. The molecule has 1 unspecified atom stereocenters. The minimum absolute atomic E-state index is 0.0876. The molecule has 1 atom stereocenters. The fourth-order valence-electron chi connectivity index (χ4n) is 2.47. The standard InChI is InChI=1S/C12H19N3O4S2/c1-3-15-6-4-5-9(15)7-14-21(17,18)12-10(11(16)19-2)13-8-20-12/h8-9,14H,3-7H2,1-2H3. The molecule has 0 amide bonds. The van der Waals surface area contributed by atoms with E-state index in [1.165, 1.54) is 12.6 Å². The molecule has 9 heteroatoms. The molecule has 2 heterocycles. The first kappa shape index (κ1) is 16.3. The van der Waals surface area contributed by atoms with Crippen LogP contribution in [0.4, 0.5) is 0 Å². The lowest BCUT2D eigenvalue weighted by Crippen LogP contribution is -2.40. The number of ether oxygens (including phenoxy) is 1. The summed E-state index contributed by atoms with van der Waals surface area (Å²) in [5.74, 6) is -0.743. The van der Waals surface area contributed by atoms with Crippen molar-refractivity contribution in [1.82, 2.24) is 14.6 Å². The quantitative estimate of drug-likeness (QED) is 0.771. The van der Waals surface area contributed by atoms with Gasteiger partial charge in [-0.1, -0.05) is 6.92 Å². The van der Waals surface area contributed by atoms with Crippen molar-refractivity contribution in [3.05, 3.63) is 11.2 Å². The maximum Gasteiger partial charge on any atom is 0.358 e. The Morgan fingerprint density at radius 1 is 1.62 bits per heavy atom. The van der Waals surface area contributed by atoms with E-state index in [2.05, 4.69) is 26.3 Å². The van der Waals surface area contributed by atoms with Gasteiger partial charge in [0.15, 0.2) is 9.90 Å². The first-order chi connectivity index (χ1) is 9.99. The summed E-state index contributed by atoms with van der Waals surface area (Å²) in [7, 11) is -2.55. The van der Waals surface area contributed by atoms with Gasteiger partial charge < -0.3 is 4.74 Å². The van der Waals surface area contributed by atoms with Crippen molar-refractivity contribution in [2.45, 2.75) is 30.0 Å². The first-order valence-corrected chi connectivity index (χ1v) is 9.11. The molecule has 7 nitrogen and oxygen atoms in total. The van der Waals surface area contributed by atoms with Gasteiger partial charge in [0.1, 0.15) is 0 Å². The van der Waals surface area contributed by atoms with Gasteiger partial charge in [-0.15, -0.1) is 11.3 Å². The SMILES string of the molecule is CCN1CCCC1CNS(=O)(=O)c1scnc1C(=O)OC. The second-order valence-corrected chi connectivity index (χ2v) is 7.57. The molecular weight excluding hydrogens is 314 g/mol. The molecule has 118 valence electrons. The molecule has 1 aromatic rings. The van der Waals surface area contributed by atoms with E-state index >= 15 is 0 Å². The molecular formula is C12H19N3O4S2. The van der Waals surface area contributed by atoms with E-state index < -0.39 is 16.0 Å². The minimum Gasteiger partial charge on any atom is -0.464 e. The third-order valence-corrected chi connectivity index (χ3v) is 6.37. The number of hydrogen-bond donors (Lipinski definition) is 1. The van der Waals surface area contributed by atoms with Crippen molar-refractivity contribution in [3.8, 4) is 0 Å². The predicted octanol–water partition coefficient (Wildman–Crippen LogP) is 0.692. The summed E-state index contributed by atoms with van der Waals surface area (Å²) < 4.78 is 31.7. The number of carbonyl (C=O) groups excluding carboxylic acids is 1. The van der Waals surface area contributed by atoms with Gasteiger partial charge in [-0.2, -0.15) is 0 Å². The number of rotatable bonds is 6. The molecule has 0 spiro atoms. The maximum atomic E-state index is 12.3. The highest BCUT2D eigenvalue weighted by Gasteiger charge is 2.29. The molecule has 1 aliphatic heterocycles. The van der Waals surface area contributed by atoms with E-state index in [4.69, 9.17) is 0 Å². The zero-order valence-corrected chi connectivity index (χ0v) is 13.7. The molecule has 0 radical (unpaired) electrons. The summed E-state index contributed by atoms with van der Waals surface area (Å²) in [6.45, 7) is 4.30. The number of aromatic nitrogens is 1. The Kier molecular flexibility index (Phi) is 5.31. The number of nitrogens with one attached hydrogen (secondary N) is 1. The Labute approximate surface area is 128 Å². The Balaban J connectivity index is 2.09. The third kappa shape index (κ3) is 3.60. The van der Waals surface area contributed by atoms with Crippen LogP contribution in [-0.4, -0.2) is 57.1 Å². The average molecular weight is 333 g/mol. The minimum atomic E-state index is -3.74. The second kappa shape index (κ2) is 6.82. The molecule has 21 heavy (non-hydrogen) atoms. The lowest BCUT2D eigenvalue weighted by Gasteiger charge is -2.22. The number of sulfonamides is 1. The predicted molar refractivity (Wildman–Crippen MR) is 78.9 cm³/mol. The van der Waals surface area contributed by atoms with E-state index in [9.17, 15) is 13.2 Å². The third-order valence-electron chi connectivity index (χ3n) is 3.57. The van der Waals surface area contributed by atoms with Crippen LogP contribution in [0.3, 0.4) is 0 Å². The van der Waals surface area contributed by atoms with Crippen LogP contribution in [0.1, 0.15) is 30.3 Å². The van der Waals surface area contributed by atoms with Crippen molar-refractivity contribution in [2.75, 3.05) is 26.7 Å². The maximum absolute atomic E-state index is 12.3. The molecule has 0 saturated carbocycles. The monoisotopic (exact) mass is 333 g/mol. The summed E-state index contributed by atoms with van der Waals surface area (Å²) in [5.41, 5.74) is 1.17. The van der Waals surface area contributed by atoms with E-state index in [1.54, 1.807) is 0 Å². The number of methoxy groups -OCH3 is 1. The Hall–Kier alpha value is -1.03. The van der Waals surface area contributed by atoms with Crippen LogP contribution in [0, 0.1) is 0 Å². The number of nitrogens with zero attached hydrogens (tertiary/aromatic N) is 2. The number of likely N-dealkylation sites (N-methyl/N-ethyl adjacent to an activating group) is 1. The van der Waals surface area contributed by atoms with Gasteiger partial charge in [0, 0.05) is 12.6 Å². The Morgan fingerprint density at radius 2 is 2.38 bits per heavy atom. The van der Waals surface area contributed by atoms with Crippen LogP contribution < -0.4 is 4.72 Å². The number of carbonyl (C=O) groups is 1. The highest BCUT2D eigenvalue weighted by atomic mass is 32.2. The van der Waals surface area contributed by atoms with Crippen LogP contribution in [-0.2, 0) is 14.8 Å². The summed E-state index contributed by atoms with van der Waals surface area (Å²) >= 11 is 0.913. The van der Waals surface area contributed by atoms with Crippen molar-refractivity contribution >= 4 is 27.3 Å². The fourth-order valence-corrected chi connectivity index (χ4v) is 4.72. The van der Waals surface area contributed by atoms with Crippen LogP contribution in [0.5, 0.6) is 0 Å². The highest BCUT2D eigenvalue weighted by molar-refractivity contribution is 7.91. The molecule has 1 saturated heterocycles. The van der Waals surface area contributed by atoms with Crippen molar-refractivity contribution in [1.29, 1.82) is 0 Å². The number of esters is 1. The molecule has 0 aliphatic carbocycles. The lowest BCUT2D eigenvalue weighted by atomic mass is 10.2. The molecule has 1 N–H and O–H groups in total. The van der Waals surface area contributed by atoms with Crippen molar-refractivity contribution in [3.63, 3.8) is 0 Å². The first-order valence-electron chi connectivity index (χ1n) is 6.75. The summed E-state index contributed by atoms with van der Waals surface area (Å²) in [4.78, 5) is 17.5. The van der Waals surface area contributed by atoms with Crippen LogP contribution >= 0.6 is 11.3 Å². The van der Waals surface area contributed by atoms with Crippen LogP contribution in [0.25, 0.3) is 0 Å². The zero-order valence-electron chi connectivity index (χ0n) is 12.0. The number of hydrogen-bond acceptors (Lipinski definition) is 7. The van der Waals surface area contributed by atoms with Crippen molar-refractivity contribution < 1.29 is 17.9 Å². The van der Waals surface area contributed by atoms with Gasteiger partial charge in [-0.3, -0.25) is 4.90 Å². The van der Waals surface area contributed by atoms with Gasteiger partial charge in [0.25, 0.3) is 10.0 Å². The van der Waals surface area contributed by atoms with Crippen LogP contribution in [0.2, 0.25) is 0 Å². The normalized spacial score (nSPS) is 19.8. The second-order valence-electron chi connectivity index (χ2n) is 4.76. The van der Waals surface area contributed by atoms with E-state index in [0.29, 0.717) is 6.54 Å². The molecule has 2 rings (SSSR count). The van der Waals surface area contributed by atoms with E-state index in [0.717, 1.165) is 37.3 Å². The van der Waals surface area contributed by atoms with Gasteiger partial charge in [-0.05, 0) is 25.9 Å². The lowest BCUT2D eigenvalue weighted by molar-refractivity contribution is 0.0590. The fraction of sp³-hybridized carbons (Fsp3) is 0.667. The molecule has 1 aromatic heterocycles. The Bertz CT molecular complexity index is 599. The van der Waals surface area contributed by atoms with E-state index in [-0.39, 0.29) is 15.9 Å². The smallest absolute Gasteiger partial charge is 0.358 e. The highest BCUT2D eigenvalue weighted by Crippen LogP contribution is 2.21. The number of thiazole rings is 1. The zero-order chi connectivity index (χ0) is 15.5. The van der Waals surface area contributed by atoms with Gasteiger partial charge in [-0.25, -0.2) is 22.9 Å². The summed E-state index contributed by atoms with van der Waals surface area (Å²) in [5, 5.41) is 0. The van der Waals surface area contributed by atoms with Crippen LogP contribution in [0.15, 0.2) is 9.72 Å². The molecule has 0 bridgehead atoms. The Morgan fingerprint density at radius 3 is 3.05 bits per heavy atom. The van der Waals surface area contributed by atoms with Gasteiger partial charge in [0.05, 0.1) is 12.6 Å². The topological polar surface area (TPSA) is 88.6 Å². The summed E-state index contributed by atoms with van der Waals surface area (Å²) in [6.07, 6.45) is 2.05. The van der Waals surface area contributed by atoms with Crippen molar-refractivity contribution in [2.24, 2.45) is 0 Å². The van der Waals surface area contributed by atoms with Gasteiger partial charge >= 0.3 is 5.97 Å². The largest absolute Gasteiger partial charge is 0.464 e. The summed E-state index contributed by atoms with van der Waals surface area (Å²) in [6, 6.07) is 0.208. The average Bonchev–Trinajstić information content (AvgIpc) is 3.12. The molecule has 1 aliphatic rings.